The maximum absolute atomic E-state index is 12.2. The molecule has 0 atom stereocenters. The molecular formula is C21H23F3N2O5S. The van der Waals surface area contributed by atoms with Crippen LogP contribution in [-0.4, -0.2) is 36.1 Å². The number of hydrogen-bond donors (Lipinski definition) is 0. The number of nitrogens with zero attached hydrogens (tertiary/aromatic N) is 2. The van der Waals surface area contributed by atoms with Crippen LogP contribution in [0.5, 0.6) is 0 Å². The second-order valence-corrected chi connectivity index (χ2v) is 9.00. The number of carbonyl (C=O) groups is 1. The first-order valence-corrected chi connectivity index (χ1v) is 11.1. The second kappa shape index (κ2) is 8.89. The summed E-state index contributed by atoms with van der Waals surface area (Å²) in [4.78, 5) is 11.4. The van der Waals surface area contributed by atoms with E-state index in [0.29, 0.717) is 24.0 Å². The summed E-state index contributed by atoms with van der Waals surface area (Å²) in [5.74, 6) is -0.494. The number of aryl methyl sites for hydroxylation is 4. The van der Waals surface area contributed by atoms with Crippen molar-refractivity contribution < 1.29 is 35.3 Å². The van der Waals surface area contributed by atoms with Gasteiger partial charge in [0.1, 0.15) is 5.76 Å². The summed E-state index contributed by atoms with van der Waals surface area (Å²) in [6, 6.07) is 0. The average Bonchev–Trinajstić information content (AvgIpc) is 3.28. The number of rotatable bonds is 3. The first kappa shape index (κ1) is 23.7. The van der Waals surface area contributed by atoms with Crippen molar-refractivity contribution in [3.05, 3.63) is 59.2 Å². The van der Waals surface area contributed by atoms with Crippen molar-refractivity contribution in [2.45, 2.75) is 31.2 Å². The molecule has 2 aromatic rings. The first-order valence-electron chi connectivity index (χ1n) is 9.72. The first-order chi connectivity index (χ1) is 14.9. The van der Waals surface area contributed by atoms with E-state index in [9.17, 15) is 26.4 Å². The monoisotopic (exact) mass is 472 g/mol. The summed E-state index contributed by atoms with van der Waals surface area (Å²) < 4.78 is 71.1. The van der Waals surface area contributed by atoms with E-state index in [1.165, 1.54) is 24.9 Å². The standard InChI is InChI=1S/C11H13NO2.C10H10F3NO3S/c1-12-6-8-4-3-5-9(10(8)7-12)11(13)14-2;1-14-5-7-3-2-4-9(8(7)6-14)17-18(15,16)10(11,12)13/h5-7H,3-4H2,1-2H3;4-6H,2-3H2,1H3. The van der Waals surface area contributed by atoms with Crippen molar-refractivity contribution >= 4 is 27.4 Å². The molecular weight excluding hydrogens is 449 g/mol. The molecule has 174 valence electrons. The predicted molar refractivity (Wildman–Crippen MR) is 111 cm³/mol. The van der Waals surface area contributed by atoms with Crippen LogP contribution in [0.3, 0.4) is 0 Å². The molecule has 7 nitrogen and oxygen atoms in total. The van der Waals surface area contributed by atoms with Gasteiger partial charge >= 0.3 is 21.6 Å². The summed E-state index contributed by atoms with van der Waals surface area (Å²) in [6.07, 6.45) is 13.6. The number of aromatic nitrogens is 2. The van der Waals surface area contributed by atoms with Gasteiger partial charge in [-0.1, -0.05) is 6.08 Å². The number of fused-ring (bicyclic) bond motifs is 2. The Bertz CT molecular complexity index is 1190. The van der Waals surface area contributed by atoms with Crippen molar-refractivity contribution in [1.29, 1.82) is 0 Å². The van der Waals surface area contributed by atoms with E-state index in [4.69, 9.17) is 4.74 Å². The highest BCUT2D eigenvalue weighted by Crippen LogP contribution is 2.34. The van der Waals surface area contributed by atoms with E-state index < -0.39 is 15.6 Å². The third-order valence-corrected chi connectivity index (χ3v) is 5.99. The molecule has 0 unspecified atom stereocenters. The zero-order valence-corrected chi connectivity index (χ0v) is 18.6. The number of methoxy groups -OCH3 is 1. The predicted octanol–water partition coefficient (Wildman–Crippen LogP) is 3.71. The van der Waals surface area contributed by atoms with Gasteiger partial charge in [-0.15, -0.1) is 0 Å². The fraction of sp³-hybridized carbons (Fsp3) is 0.381. The molecule has 0 spiro atoms. The quantitative estimate of drug-likeness (QED) is 0.387. The largest absolute Gasteiger partial charge is 0.534 e. The lowest BCUT2D eigenvalue weighted by molar-refractivity contribution is -0.133. The molecule has 2 aromatic heterocycles. The van der Waals surface area contributed by atoms with Crippen LogP contribution in [0.1, 0.15) is 35.1 Å². The minimum absolute atomic E-state index is 0.239. The third kappa shape index (κ3) is 4.93. The van der Waals surface area contributed by atoms with Crippen LogP contribution >= 0.6 is 0 Å². The highest BCUT2D eigenvalue weighted by molar-refractivity contribution is 7.87. The molecule has 0 amide bonds. The third-order valence-electron chi connectivity index (χ3n) is 5.03. The summed E-state index contributed by atoms with van der Waals surface area (Å²) >= 11 is 0. The Morgan fingerprint density at radius 2 is 1.47 bits per heavy atom. The molecule has 32 heavy (non-hydrogen) atoms. The molecule has 0 fully saturated rings. The maximum atomic E-state index is 12.2. The Balaban J connectivity index is 0.000000186. The normalized spacial score (nSPS) is 15.4. The fourth-order valence-electron chi connectivity index (χ4n) is 3.64. The minimum Gasteiger partial charge on any atom is -0.465 e. The number of allylic oxidation sites excluding steroid dienone is 2. The molecule has 0 bridgehead atoms. The number of esters is 1. The van der Waals surface area contributed by atoms with E-state index in [1.54, 1.807) is 17.8 Å². The molecule has 11 heteroatoms. The van der Waals surface area contributed by atoms with Gasteiger partial charge in [0.05, 0.1) is 12.7 Å². The average molecular weight is 472 g/mol. The van der Waals surface area contributed by atoms with Crippen LogP contribution in [0.4, 0.5) is 13.2 Å². The van der Waals surface area contributed by atoms with Crippen LogP contribution in [0.25, 0.3) is 11.3 Å². The van der Waals surface area contributed by atoms with Crippen molar-refractivity contribution in [3.63, 3.8) is 0 Å². The molecule has 4 rings (SSSR count). The van der Waals surface area contributed by atoms with Gasteiger partial charge in [0.25, 0.3) is 0 Å². The van der Waals surface area contributed by atoms with Gasteiger partial charge in [-0.2, -0.15) is 21.6 Å². The Kier molecular flexibility index (Phi) is 6.59. The van der Waals surface area contributed by atoms with Crippen LogP contribution in [-0.2, 0) is 50.8 Å². The van der Waals surface area contributed by atoms with Crippen molar-refractivity contribution in [2.75, 3.05) is 7.11 Å². The lowest BCUT2D eigenvalue weighted by Crippen LogP contribution is -2.25. The number of hydrogen-bond acceptors (Lipinski definition) is 5. The lowest BCUT2D eigenvalue weighted by Gasteiger charge is -2.15. The lowest BCUT2D eigenvalue weighted by atomic mass is 9.95. The second-order valence-electron chi connectivity index (χ2n) is 7.46. The Hall–Kier alpha value is -2.95. The topological polar surface area (TPSA) is 79.5 Å². The fourth-order valence-corrected chi connectivity index (χ4v) is 4.13. The van der Waals surface area contributed by atoms with Crippen molar-refractivity contribution in [2.24, 2.45) is 14.1 Å². The molecule has 0 saturated heterocycles. The highest BCUT2D eigenvalue weighted by atomic mass is 32.2. The van der Waals surface area contributed by atoms with E-state index >= 15 is 0 Å². The molecule has 0 saturated carbocycles. The molecule has 0 aliphatic heterocycles. The van der Waals surface area contributed by atoms with Crippen LogP contribution in [0.15, 0.2) is 36.9 Å². The number of halogens is 3. The number of alkyl halides is 3. The van der Waals surface area contributed by atoms with Gasteiger partial charge in [-0.3, -0.25) is 0 Å². The summed E-state index contributed by atoms with van der Waals surface area (Å²) in [5, 5.41) is 0. The van der Waals surface area contributed by atoms with Crippen LogP contribution < -0.4 is 0 Å². The molecule has 0 aromatic carbocycles. The SMILES string of the molecule is COC(=O)C1=CCCc2cn(C)cc21.Cn1cc2c(c1)C(OS(=O)(=O)C(F)(F)F)=CCC2. The van der Waals surface area contributed by atoms with Gasteiger partial charge in [0, 0.05) is 50.0 Å². The Morgan fingerprint density at radius 3 is 2.03 bits per heavy atom. The zero-order valence-electron chi connectivity index (χ0n) is 17.8. The van der Waals surface area contributed by atoms with E-state index in [1.807, 2.05) is 23.9 Å². The number of carbonyl (C=O) groups excluding carboxylic acids is 1. The molecule has 0 radical (unpaired) electrons. The van der Waals surface area contributed by atoms with E-state index in [2.05, 4.69) is 10.4 Å². The molecule has 2 aliphatic rings. The van der Waals surface area contributed by atoms with Crippen LogP contribution in [0, 0.1) is 0 Å². The zero-order chi connectivity index (χ0) is 23.7. The van der Waals surface area contributed by atoms with Gasteiger partial charge in [0.2, 0.25) is 0 Å². The van der Waals surface area contributed by atoms with E-state index in [0.717, 1.165) is 24.0 Å². The minimum atomic E-state index is -5.61. The Morgan fingerprint density at radius 1 is 0.938 bits per heavy atom. The van der Waals surface area contributed by atoms with Gasteiger partial charge in [-0.05, 0) is 42.9 Å². The maximum Gasteiger partial charge on any atom is 0.534 e. The number of ether oxygens (including phenoxy) is 1. The van der Waals surface area contributed by atoms with E-state index in [-0.39, 0.29) is 11.7 Å². The molecule has 2 aliphatic carbocycles. The summed E-state index contributed by atoms with van der Waals surface area (Å²) in [6.45, 7) is 0. The van der Waals surface area contributed by atoms with Gasteiger partial charge in [-0.25, -0.2) is 4.79 Å². The molecule has 2 heterocycles. The summed E-state index contributed by atoms with van der Waals surface area (Å²) in [5.41, 5.74) is -1.31. The van der Waals surface area contributed by atoms with Crippen molar-refractivity contribution in [1.82, 2.24) is 9.13 Å². The summed E-state index contributed by atoms with van der Waals surface area (Å²) in [7, 11) is -0.523. The highest BCUT2D eigenvalue weighted by Gasteiger charge is 2.49. The van der Waals surface area contributed by atoms with Gasteiger partial charge < -0.3 is 18.1 Å². The Labute approximate surface area is 183 Å². The van der Waals surface area contributed by atoms with Gasteiger partial charge in [0.15, 0.2) is 0 Å². The van der Waals surface area contributed by atoms with Crippen molar-refractivity contribution in [3.8, 4) is 0 Å². The smallest absolute Gasteiger partial charge is 0.465 e. The van der Waals surface area contributed by atoms with Crippen LogP contribution in [0.2, 0.25) is 0 Å². The molecule has 0 N–H and O–H groups in total.